The first-order chi connectivity index (χ1) is 9.12. The van der Waals surface area contributed by atoms with E-state index in [0.29, 0.717) is 18.7 Å². The van der Waals surface area contributed by atoms with Gasteiger partial charge >= 0.3 is 0 Å². The lowest BCUT2D eigenvalue weighted by Gasteiger charge is -2.02. The van der Waals surface area contributed by atoms with Crippen LogP contribution >= 0.6 is 11.3 Å². The number of hydrogen-bond donors (Lipinski definition) is 2. The van der Waals surface area contributed by atoms with Gasteiger partial charge in [-0.05, 0) is 6.42 Å². The summed E-state index contributed by atoms with van der Waals surface area (Å²) in [5, 5.41) is 14.4. The van der Waals surface area contributed by atoms with E-state index >= 15 is 0 Å². The molecule has 2 aromatic heterocycles. The van der Waals surface area contributed by atoms with Gasteiger partial charge in [-0.3, -0.25) is 4.68 Å². The van der Waals surface area contributed by atoms with Crippen molar-refractivity contribution in [2.45, 2.75) is 24.4 Å². The number of hydrogen-bond acceptors (Lipinski definition) is 6. The Kier molecular flexibility index (Phi) is 4.64. The number of sulfonamides is 1. The molecule has 19 heavy (non-hydrogen) atoms. The first-order valence-electron chi connectivity index (χ1n) is 5.62. The number of aromatic nitrogens is 3. The fraction of sp³-hybridized carbons (Fsp3) is 0.400. The zero-order valence-corrected chi connectivity index (χ0v) is 11.7. The summed E-state index contributed by atoms with van der Waals surface area (Å²) in [6.45, 7) is 0.690. The maximum atomic E-state index is 12.0. The van der Waals surface area contributed by atoms with E-state index in [9.17, 15) is 8.42 Å². The Morgan fingerprint density at radius 1 is 1.47 bits per heavy atom. The number of aliphatic hydroxyl groups is 1. The molecule has 0 atom stereocenters. The molecule has 0 fully saturated rings. The Balaban J connectivity index is 2.00. The number of nitrogens with zero attached hydrogens (tertiary/aromatic N) is 3. The second-order valence-electron chi connectivity index (χ2n) is 3.82. The lowest BCUT2D eigenvalue weighted by Crippen LogP contribution is -2.23. The predicted molar refractivity (Wildman–Crippen MR) is 70.1 cm³/mol. The molecular formula is C10H14N4O3S2. The molecule has 2 aromatic rings. The second kappa shape index (κ2) is 6.24. The summed E-state index contributed by atoms with van der Waals surface area (Å²) in [7, 11) is -3.57. The normalized spacial score (nSPS) is 11.8. The summed E-state index contributed by atoms with van der Waals surface area (Å²) in [6.07, 6.45) is 3.27. The van der Waals surface area contributed by atoms with E-state index in [0.717, 1.165) is 0 Å². The van der Waals surface area contributed by atoms with Crippen LogP contribution in [0.15, 0.2) is 28.2 Å². The SMILES string of the molecule is O=S(=O)(NCc1cscn1)c1cnn(CCCO)c1. The molecule has 2 N–H and O–H groups in total. The van der Waals surface area contributed by atoms with Crippen LogP contribution in [0.3, 0.4) is 0 Å². The van der Waals surface area contributed by atoms with E-state index in [1.54, 1.807) is 10.9 Å². The number of nitrogens with one attached hydrogen (secondary N) is 1. The van der Waals surface area contributed by atoms with E-state index in [1.165, 1.54) is 28.4 Å². The van der Waals surface area contributed by atoms with Gasteiger partial charge in [0.2, 0.25) is 10.0 Å². The van der Waals surface area contributed by atoms with Crippen LogP contribution in [0, 0.1) is 0 Å². The van der Waals surface area contributed by atoms with Crippen molar-refractivity contribution in [3.8, 4) is 0 Å². The first-order valence-corrected chi connectivity index (χ1v) is 8.04. The lowest BCUT2D eigenvalue weighted by molar-refractivity contribution is 0.277. The number of thiazole rings is 1. The third-order valence-corrected chi connectivity index (χ3v) is 4.38. The summed E-state index contributed by atoms with van der Waals surface area (Å²) < 4.78 is 27.9. The third-order valence-electron chi connectivity index (χ3n) is 2.39. The molecule has 0 bridgehead atoms. The van der Waals surface area contributed by atoms with Gasteiger partial charge in [-0.25, -0.2) is 18.1 Å². The molecule has 0 aliphatic rings. The van der Waals surface area contributed by atoms with Gasteiger partial charge in [0.1, 0.15) is 4.90 Å². The number of aryl methyl sites for hydroxylation is 1. The molecule has 0 radical (unpaired) electrons. The molecule has 0 amide bonds. The highest BCUT2D eigenvalue weighted by Gasteiger charge is 2.16. The maximum absolute atomic E-state index is 12.0. The van der Waals surface area contributed by atoms with Crippen LogP contribution in [-0.4, -0.2) is 34.9 Å². The fourth-order valence-electron chi connectivity index (χ4n) is 1.42. The molecule has 0 aliphatic heterocycles. The summed E-state index contributed by atoms with van der Waals surface area (Å²) in [6, 6.07) is 0. The van der Waals surface area contributed by atoms with Crippen LogP contribution in [0.5, 0.6) is 0 Å². The van der Waals surface area contributed by atoms with Gasteiger partial charge < -0.3 is 5.11 Å². The minimum atomic E-state index is -3.57. The van der Waals surface area contributed by atoms with E-state index in [4.69, 9.17) is 5.11 Å². The smallest absolute Gasteiger partial charge is 0.244 e. The highest BCUT2D eigenvalue weighted by atomic mass is 32.2. The van der Waals surface area contributed by atoms with Crippen molar-refractivity contribution in [1.82, 2.24) is 19.5 Å². The van der Waals surface area contributed by atoms with E-state index in [-0.39, 0.29) is 18.0 Å². The van der Waals surface area contributed by atoms with Crippen LogP contribution in [0.25, 0.3) is 0 Å². The van der Waals surface area contributed by atoms with Crippen molar-refractivity contribution in [2.24, 2.45) is 0 Å². The van der Waals surface area contributed by atoms with E-state index in [1.807, 2.05) is 0 Å². The minimum absolute atomic E-state index is 0.0457. The van der Waals surface area contributed by atoms with Gasteiger partial charge in [-0.15, -0.1) is 11.3 Å². The number of rotatable bonds is 7. The third kappa shape index (κ3) is 3.83. The molecule has 0 aliphatic carbocycles. The average Bonchev–Trinajstić information content (AvgIpc) is 3.05. The lowest BCUT2D eigenvalue weighted by atomic mass is 10.5. The average molecular weight is 302 g/mol. The fourth-order valence-corrected chi connectivity index (χ4v) is 2.92. The molecule has 2 heterocycles. The van der Waals surface area contributed by atoms with Crippen molar-refractivity contribution in [2.75, 3.05) is 6.61 Å². The van der Waals surface area contributed by atoms with Gasteiger partial charge in [0.15, 0.2) is 0 Å². The van der Waals surface area contributed by atoms with Crippen LogP contribution in [0.1, 0.15) is 12.1 Å². The van der Waals surface area contributed by atoms with Gasteiger partial charge in [0, 0.05) is 24.7 Å². The second-order valence-corrected chi connectivity index (χ2v) is 6.31. The monoisotopic (exact) mass is 302 g/mol. The van der Waals surface area contributed by atoms with Gasteiger partial charge in [0.25, 0.3) is 0 Å². The van der Waals surface area contributed by atoms with Crippen LogP contribution < -0.4 is 4.72 Å². The van der Waals surface area contributed by atoms with Crippen molar-refractivity contribution in [3.05, 3.63) is 29.0 Å². The Morgan fingerprint density at radius 3 is 3.00 bits per heavy atom. The molecule has 0 spiro atoms. The standard InChI is InChI=1S/C10H14N4O3S2/c15-3-1-2-14-6-10(5-12-14)19(16,17)13-4-9-7-18-8-11-9/h5-8,13,15H,1-4H2. The largest absolute Gasteiger partial charge is 0.396 e. The maximum Gasteiger partial charge on any atom is 0.244 e. The molecule has 7 nitrogen and oxygen atoms in total. The molecule has 2 rings (SSSR count). The van der Waals surface area contributed by atoms with Crippen LogP contribution in [0.4, 0.5) is 0 Å². The Bertz CT molecular complexity index is 607. The summed E-state index contributed by atoms with van der Waals surface area (Å²) in [5.41, 5.74) is 2.33. The quantitative estimate of drug-likeness (QED) is 0.761. The molecule has 104 valence electrons. The van der Waals surface area contributed by atoms with E-state index < -0.39 is 10.0 Å². The Morgan fingerprint density at radius 2 is 2.32 bits per heavy atom. The summed E-state index contributed by atoms with van der Waals surface area (Å²) >= 11 is 1.41. The number of aliphatic hydroxyl groups excluding tert-OH is 1. The molecule has 9 heteroatoms. The van der Waals surface area contributed by atoms with Crippen molar-refractivity contribution < 1.29 is 13.5 Å². The van der Waals surface area contributed by atoms with Crippen molar-refractivity contribution in [1.29, 1.82) is 0 Å². The van der Waals surface area contributed by atoms with E-state index in [2.05, 4.69) is 14.8 Å². The van der Waals surface area contributed by atoms with Crippen LogP contribution in [-0.2, 0) is 23.1 Å². The highest BCUT2D eigenvalue weighted by molar-refractivity contribution is 7.89. The van der Waals surface area contributed by atoms with Gasteiger partial charge in [0.05, 0.1) is 23.9 Å². The Labute approximate surface area is 115 Å². The predicted octanol–water partition coefficient (Wildman–Crippen LogP) is 0.200. The first kappa shape index (κ1) is 14.1. The summed E-state index contributed by atoms with van der Waals surface area (Å²) in [5.74, 6) is 0. The van der Waals surface area contributed by atoms with Gasteiger partial charge in [-0.2, -0.15) is 5.10 Å². The van der Waals surface area contributed by atoms with Crippen molar-refractivity contribution in [3.63, 3.8) is 0 Å². The molecule has 0 saturated carbocycles. The highest BCUT2D eigenvalue weighted by Crippen LogP contribution is 2.09. The zero-order valence-electron chi connectivity index (χ0n) is 10.1. The molecule has 0 unspecified atom stereocenters. The zero-order chi connectivity index (χ0) is 13.7. The van der Waals surface area contributed by atoms with Gasteiger partial charge in [-0.1, -0.05) is 0 Å². The van der Waals surface area contributed by atoms with Crippen LogP contribution in [0.2, 0.25) is 0 Å². The van der Waals surface area contributed by atoms with Crippen molar-refractivity contribution >= 4 is 21.4 Å². The summed E-state index contributed by atoms with van der Waals surface area (Å²) in [4.78, 5) is 4.11. The Hall–Kier alpha value is -1.29. The molecule has 0 saturated heterocycles. The topological polar surface area (TPSA) is 97.1 Å². The molecule has 0 aromatic carbocycles. The molecular weight excluding hydrogens is 288 g/mol. The minimum Gasteiger partial charge on any atom is -0.396 e.